The number of nitrogens with zero attached hydrogens (tertiary/aromatic N) is 4. The standard InChI is InChI=1S/C27H21IN6O/c1-16(32-25-21(14-29)15-31-27(30)33-25)23-12-19-7-4-8-20(13-28)24(19)26(35)34(23)22-10-9-17-5-2-3-6-18(17)11-22/h2-12,15-16H,13H2,1H3,(H3,30,31,32,33)/t16-/m0/s1. The van der Waals surface area contributed by atoms with E-state index in [2.05, 4.69) is 43.9 Å². The fourth-order valence-corrected chi connectivity index (χ4v) is 4.97. The average molecular weight is 572 g/mol. The van der Waals surface area contributed by atoms with Crippen molar-refractivity contribution in [3.63, 3.8) is 0 Å². The Labute approximate surface area is 215 Å². The largest absolute Gasteiger partial charge is 0.368 e. The number of rotatable bonds is 5. The molecule has 3 N–H and O–H groups in total. The van der Waals surface area contributed by atoms with Gasteiger partial charge in [-0.05, 0) is 46.8 Å². The fraction of sp³-hybridized carbons (Fsp3) is 0.111. The highest BCUT2D eigenvalue weighted by molar-refractivity contribution is 14.1. The predicted molar refractivity (Wildman–Crippen MR) is 148 cm³/mol. The molecule has 0 spiro atoms. The Morgan fingerprint density at radius 2 is 1.86 bits per heavy atom. The molecule has 5 aromatic rings. The van der Waals surface area contributed by atoms with Gasteiger partial charge in [-0.2, -0.15) is 10.2 Å². The second-order valence-corrected chi connectivity index (χ2v) is 8.99. The van der Waals surface area contributed by atoms with E-state index in [1.54, 1.807) is 4.57 Å². The van der Waals surface area contributed by atoms with Gasteiger partial charge in [-0.3, -0.25) is 9.36 Å². The Morgan fingerprint density at radius 1 is 1.09 bits per heavy atom. The molecule has 172 valence electrons. The summed E-state index contributed by atoms with van der Waals surface area (Å²) in [7, 11) is 0. The van der Waals surface area contributed by atoms with Crippen LogP contribution in [-0.4, -0.2) is 14.5 Å². The van der Waals surface area contributed by atoms with Crippen molar-refractivity contribution in [1.29, 1.82) is 5.26 Å². The number of halogens is 1. The normalized spacial score (nSPS) is 11.9. The Bertz CT molecular complexity index is 1690. The van der Waals surface area contributed by atoms with Gasteiger partial charge >= 0.3 is 0 Å². The van der Waals surface area contributed by atoms with E-state index in [0.717, 1.165) is 37.5 Å². The summed E-state index contributed by atoms with van der Waals surface area (Å²) < 4.78 is 2.47. The van der Waals surface area contributed by atoms with Gasteiger partial charge in [-0.15, -0.1) is 0 Å². The molecular weight excluding hydrogens is 551 g/mol. The monoisotopic (exact) mass is 572 g/mol. The Kier molecular flexibility index (Phi) is 6.09. The van der Waals surface area contributed by atoms with Crippen molar-refractivity contribution in [1.82, 2.24) is 14.5 Å². The van der Waals surface area contributed by atoms with E-state index in [1.807, 2.05) is 73.7 Å². The van der Waals surface area contributed by atoms with Gasteiger partial charge in [0.1, 0.15) is 17.5 Å². The number of hydrogen-bond acceptors (Lipinski definition) is 6. The molecule has 0 fully saturated rings. The summed E-state index contributed by atoms with van der Waals surface area (Å²) in [5.74, 6) is 0.391. The molecule has 0 bridgehead atoms. The van der Waals surface area contributed by atoms with Gasteiger partial charge in [-0.1, -0.05) is 71.1 Å². The van der Waals surface area contributed by atoms with E-state index in [-0.39, 0.29) is 23.1 Å². The first-order valence-corrected chi connectivity index (χ1v) is 12.5. The molecule has 2 heterocycles. The lowest BCUT2D eigenvalue weighted by molar-refractivity contribution is 0.773. The zero-order valence-corrected chi connectivity index (χ0v) is 21.0. The molecular formula is C27H21IN6O. The summed E-state index contributed by atoms with van der Waals surface area (Å²) in [5, 5.41) is 16.5. The molecule has 3 aromatic carbocycles. The molecule has 0 aliphatic heterocycles. The average Bonchev–Trinajstić information content (AvgIpc) is 2.88. The van der Waals surface area contributed by atoms with Crippen LogP contribution in [0.15, 0.2) is 77.7 Å². The highest BCUT2D eigenvalue weighted by Crippen LogP contribution is 2.28. The number of nitrogens with one attached hydrogen (secondary N) is 1. The maximum absolute atomic E-state index is 14.0. The van der Waals surface area contributed by atoms with Crippen LogP contribution in [0.1, 0.15) is 29.8 Å². The predicted octanol–water partition coefficient (Wildman–Crippen LogP) is 5.50. The van der Waals surface area contributed by atoms with Crippen molar-refractivity contribution in [2.75, 3.05) is 11.1 Å². The number of nitrogens with two attached hydrogens (primary N) is 1. The minimum atomic E-state index is -0.372. The number of fused-ring (bicyclic) bond motifs is 2. The van der Waals surface area contributed by atoms with Crippen LogP contribution in [0.5, 0.6) is 0 Å². The summed E-state index contributed by atoms with van der Waals surface area (Å²) in [5.41, 5.74) is 8.46. The lowest BCUT2D eigenvalue weighted by atomic mass is 10.0. The van der Waals surface area contributed by atoms with Crippen molar-refractivity contribution in [3.8, 4) is 11.8 Å². The molecule has 8 heteroatoms. The molecule has 35 heavy (non-hydrogen) atoms. The second-order valence-electron chi connectivity index (χ2n) is 8.22. The summed E-state index contributed by atoms with van der Waals surface area (Å²) in [6.45, 7) is 1.93. The number of pyridine rings is 1. The fourth-order valence-electron chi connectivity index (χ4n) is 4.33. The minimum absolute atomic E-state index is 0.0656. The van der Waals surface area contributed by atoms with Crippen LogP contribution in [0, 0.1) is 11.3 Å². The third-order valence-electron chi connectivity index (χ3n) is 6.02. The first-order valence-electron chi connectivity index (χ1n) is 11.0. The van der Waals surface area contributed by atoms with E-state index < -0.39 is 0 Å². The molecule has 5 rings (SSSR count). The molecule has 0 saturated heterocycles. The smallest absolute Gasteiger partial charge is 0.263 e. The number of alkyl halides is 1. The number of nitriles is 1. The van der Waals surface area contributed by atoms with Gasteiger partial charge in [0.2, 0.25) is 5.95 Å². The SMILES string of the molecule is C[C@H](Nc1nc(N)ncc1C#N)c1cc2cccc(CI)c2c(=O)n1-c1ccc2ccccc2c1. The summed E-state index contributed by atoms with van der Waals surface area (Å²) >= 11 is 2.29. The van der Waals surface area contributed by atoms with Crippen LogP contribution in [0.4, 0.5) is 11.8 Å². The van der Waals surface area contributed by atoms with Crippen molar-refractivity contribution in [2.24, 2.45) is 0 Å². The topological polar surface area (TPSA) is 110 Å². The first kappa shape index (κ1) is 22.8. The van der Waals surface area contributed by atoms with Crippen molar-refractivity contribution in [3.05, 3.63) is 100 Å². The quantitative estimate of drug-likeness (QED) is 0.213. The van der Waals surface area contributed by atoms with Crippen LogP contribution in [0.25, 0.3) is 27.2 Å². The van der Waals surface area contributed by atoms with Crippen molar-refractivity contribution in [2.45, 2.75) is 17.4 Å². The Morgan fingerprint density at radius 3 is 2.63 bits per heavy atom. The molecule has 0 amide bonds. The van der Waals surface area contributed by atoms with E-state index >= 15 is 0 Å². The van der Waals surface area contributed by atoms with Gasteiger partial charge < -0.3 is 11.1 Å². The number of hydrogen-bond donors (Lipinski definition) is 2. The van der Waals surface area contributed by atoms with E-state index in [0.29, 0.717) is 11.2 Å². The molecule has 2 aromatic heterocycles. The lowest BCUT2D eigenvalue weighted by Crippen LogP contribution is -2.26. The van der Waals surface area contributed by atoms with Crippen LogP contribution >= 0.6 is 22.6 Å². The van der Waals surface area contributed by atoms with Crippen LogP contribution in [0.3, 0.4) is 0 Å². The number of nitrogen functional groups attached to an aromatic ring is 1. The van der Waals surface area contributed by atoms with E-state index in [4.69, 9.17) is 5.73 Å². The van der Waals surface area contributed by atoms with Gasteiger partial charge in [-0.25, -0.2) is 4.98 Å². The van der Waals surface area contributed by atoms with Gasteiger partial charge in [0.25, 0.3) is 5.56 Å². The minimum Gasteiger partial charge on any atom is -0.368 e. The number of benzene rings is 3. The van der Waals surface area contributed by atoms with Crippen LogP contribution in [-0.2, 0) is 4.43 Å². The summed E-state index contributed by atoms with van der Waals surface area (Å²) in [6.07, 6.45) is 1.39. The first-order chi connectivity index (χ1) is 17.0. The van der Waals surface area contributed by atoms with Gasteiger partial charge in [0.05, 0.1) is 17.6 Å². The summed E-state index contributed by atoms with van der Waals surface area (Å²) in [6, 6.07) is 23.7. The maximum Gasteiger partial charge on any atom is 0.263 e. The molecule has 0 unspecified atom stereocenters. The molecule has 0 saturated carbocycles. The Hall–Kier alpha value is -3.97. The molecule has 1 atom stereocenters. The third kappa shape index (κ3) is 4.19. The van der Waals surface area contributed by atoms with Crippen molar-refractivity contribution >= 4 is 55.9 Å². The summed E-state index contributed by atoms with van der Waals surface area (Å²) in [4.78, 5) is 22.2. The second kappa shape index (κ2) is 9.35. The van der Waals surface area contributed by atoms with E-state index in [9.17, 15) is 10.1 Å². The number of anilines is 2. The highest BCUT2D eigenvalue weighted by Gasteiger charge is 2.19. The lowest BCUT2D eigenvalue weighted by Gasteiger charge is -2.22. The van der Waals surface area contributed by atoms with Crippen LogP contribution in [0.2, 0.25) is 0 Å². The van der Waals surface area contributed by atoms with Crippen molar-refractivity contribution < 1.29 is 0 Å². The zero-order chi connectivity index (χ0) is 24.5. The number of aromatic nitrogens is 3. The molecule has 0 aliphatic carbocycles. The maximum atomic E-state index is 14.0. The Balaban J connectivity index is 1.75. The van der Waals surface area contributed by atoms with E-state index in [1.165, 1.54) is 6.20 Å². The zero-order valence-electron chi connectivity index (χ0n) is 18.9. The molecule has 0 radical (unpaired) electrons. The highest BCUT2D eigenvalue weighted by atomic mass is 127. The molecule has 0 aliphatic rings. The van der Waals surface area contributed by atoms with Gasteiger partial charge in [0, 0.05) is 15.8 Å². The third-order valence-corrected chi connectivity index (χ3v) is 6.84. The van der Waals surface area contributed by atoms with Gasteiger partial charge in [0.15, 0.2) is 0 Å². The molecule has 7 nitrogen and oxygen atoms in total. The van der Waals surface area contributed by atoms with Crippen LogP contribution < -0.4 is 16.6 Å².